The molecule has 5 heteroatoms. The number of halogens is 2. The van der Waals surface area contributed by atoms with E-state index in [0.717, 1.165) is 23.0 Å². The van der Waals surface area contributed by atoms with Crippen molar-refractivity contribution in [2.45, 2.75) is 31.7 Å². The van der Waals surface area contributed by atoms with E-state index in [4.69, 9.17) is 5.73 Å². The van der Waals surface area contributed by atoms with Gasteiger partial charge in [0.25, 0.3) is 0 Å². The van der Waals surface area contributed by atoms with Gasteiger partial charge >= 0.3 is 0 Å². The quantitative estimate of drug-likeness (QED) is 0.894. The summed E-state index contributed by atoms with van der Waals surface area (Å²) in [6.45, 7) is 5.41. The van der Waals surface area contributed by atoms with Crippen molar-refractivity contribution in [3.63, 3.8) is 0 Å². The zero-order valence-electron chi connectivity index (χ0n) is 11.2. The van der Waals surface area contributed by atoms with Gasteiger partial charge in [-0.15, -0.1) is 12.4 Å². The summed E-state index contributed by atoms with van der Waals surface area (Å²) in [6, 6.07) is 8.07. The van der Waals surface area contributed by atoms with Gasteiger partial charge in [-0.3, -0.25) is 4.79 Å². The molecule has 0 aliphatic carbocycles. The molecule has 0 bridgehead atoms. The van der Waals surface area contributed by atoms with Gasteiger partial charge in [0.15, 0.2) is 0 Å². The maximum absolute atomic E-state index is 12.6. The fraction of sp³-hybridized carbons (Fsp3) is 0.500. The van der Waals surface area contributed by atoms with Crippen LogP contribution in [0.5, 0.6) is 0 Å². The van der Waals surface area contributed by atoms with Gasteiger partial charge in [0.1, 0.15) is 0 Å². The Hall–Kier alpha value is -0.580. The minimum absolute atomic E-state index is 0. The van der Waals surface area contributed by atoms with E-state index in [2.05, 4.69) is 15.9 Å². The third kappa shape index (κ3) is 3.50. The molecule has 1 heterocycles. The largest absolute Gasteiger partial charge is 0.340 e. The Bertz CT molecular complexity index is 447. The Balaban J connectivity index is 0.00000180. The molecule has 1 aromatic carbocycles. The van der Waals surface area contributed by atoms with Gasteiger partial charge in [0.2, 0.25) is 5.91 Å². The van der Waals surface area contributed by atoms with E-state index >= 15 is 0 Å². The first-order valence-electron chi connectivity index (χ1n) is 6.22. The summed E-state index contributed by atoms with van der Waals surface area (Å²) in [5.74, 6) is 0.165. The molecule has 0 radical (unpaired) electrons. The summed E-state index contributed by atoms with van der Waals surface area (Å²) in [6.07, 6.45) is 0.905. The number of carbonyl (C=O) groups excluding carboxylic acids is 1. The highest BCUT2D eigenvalue weighted by Crippen LogP contribution is 2.28. The van der Waals surface area contributed by atoms with Gasteiger partial charge in [0, 0.05) is 23.6 Å². The first-order valence-corrected chi connectivity index (χ1v) is 7.01. The van der Waals surface area contributed by atoms with Crippen LogP contribution >= 0.6 is 28.3 Å². The molecule has 0 spiro atoms. The second kappa shape index (κ2) is 6.25. The molecule has 106 valence electrons. The average Bonchev–Trinajstić information content (AvgIpc) is 2.75. The van der Waals surface area contributed by atoms with Crippen LogP contribution in [-0.2, 0) is 10.2 Å². The van der Waals surface area contributed by atoms with Crippen LogP contribution < -0.4 is 5.73 Å². The predicted molar refractivity (Wildman–Crippen MR) is 83.6 cm³/mol. The molecule has 1 saturated heterocycles. The molecule has 3 nitrogen and oxygen atoms in total. The maximum atomic E-state index is 12.6. The monoisotopic (exact) mass is 346 g/mol. The topological polar surface area (TPSA) is 46.3 Å². The average molecular weight is 348 g/mol. The number of hydrogen-bond acceptors (Lipinski definition) is 2. The standard InChI is InChI=1S/C14H19BrN2O.ClH/c1-14(2,10-3-5-11(15)6-4-10)13(18)17-8-7-12(16)9-17;/h3-6,12H,7-9,16H2,1-2H3;1H/t12-;/m1./s1. The zero-order chi connectivity index (χ0) is 13.3. The molecule has 1 amide bonds. The van der Waals surface area contributed by atoms with Crippen molar-refractivity contribution >= 4 is 34.2 Å². The van der Waals surface area contributed by atoms with Crippen LogP contribution in [0.1, 0.15) is 25.8 Å². The summed E-state index contributed by atoms with van der Waals surface area (Å²) in [4.78, 5) is 14.4. The molecule has 2 rings (SSSR count). The van der Waals surface area contributed by atoms with Gasteiger partial charge in [-0.1, -0.05) is 28.1 Å². The van der Waals surface area contributed by atoms with Crippen LogP contribution in [0.2, 0.25) is 0 Å². The summed E-state index contributed by atoms with van der Waals surface area (Å²) < 4.78 is 1.03. The number of likely N-dealkylation sites (tertiary alicyclic amines) is 1. The van der Waals surface area contributed by atoms with Crippen LogP contribution in [0.4, 0.5) is 0 Å². The molecule has 2 N–H and O–H groups in total. The molecule has 1 fully saturated rings. The van der Waals surface area contributed by atoms with Gasteiger partial charge in [-0.25, -0.2) is 0 Å². The normalized spacial score (nSPS) is 19.2. The number of amides is 1. The third-order valence-corrected chi connectivity index (χ3v) is 4.14. The molecule has 0 saturated carbocycles. The second-order valence-corrected chi connectivity index (χ2v) is 6.35. The van der Waals surface area contributed by atoms with Crippen molar-refractivity contribution in [3.05, 3.63) is 34.3 Å². The SMILES string of the molecule is CC(C)(C(=O)N1CC[C@@H](N)C1)c1ccc(Br)cc1.Cl. The first kappa shape index (κ1) is 16.5. The summed E-state index contributed by atoms with van der Waals surface area (Å²) in [5, 5.41) is 0. The number of nitrogens with zero attached hydrogens (tertiary/aromatic N) is 1. The van der Waals surface area contributed by atoms with Crippen LogP contribution in [0.15, 0.2) is 28.7 Å². The van der Waals surface area contributed by atoms with Crippen LogP contribution in [0.25, 0.3) is 0 Å². The lowest BCUT2D eigenvalue weighted by atomic mass is 9.83. The third-order valence-electron chi connectivity index (χ3n) is 3.61. The Morgan fingerprint density at radius 3 is 2.42 bits per heavy atom. The van der Waals surface area contributed by atoms with Crippen LogP contribution in [0, 0.1) is 0 Å². The number of rotatable bonds is 2. The zero-order valence-corrected chi connectivity index (χ0v) is 13.6. The second-order valence-electron chi connectivity index (χ2n) is 5.43. The molecule has 19 heavy (non-hydrogen) atoms. The maximum Gasteiger partial charge on any atom is 0.232 e. The van der Waals surface area contributed by atoms with Crippen LogP contribution in [-0.4, -0.2) is 29.9 Å². The van der Waals surface area contributed by atoms with E-state index in [-0.39, 0.29) is 24.4 Å². The smallest absolute Gasteiger partial charge is 0.232 e. The Labute approximate surface area is 129 Å². The summed E-state index contributed by atoms with van der Waals surface area (Å²) >= 11 is 3.41. The minimum Gasteiger partial charge on any atom is -0.340 e. The number of carbonyl (C=O) groups is 1. The number of hydrogen-bond donors (Lipinski definition) is 1. The first-order chi connectivity index (χ1) is 8.41. The highest BCUT2D eigenvalue weighted by Gasteiger charge is 2.36. The van der Waals surface area contributed by atoms with E-state index in [1.165, 1.54) is 0 Å². The van der Waals surface area contributed by atoms with Gasteiger partial charge in [-0.2, -0.15) is 0 Å². The lowest BCUT2D eigenvalue weighted by Gasteiger charge is -2.29. The molecule has 1 aliphatic rings. The van der Waals surface area contributed by atoms with Crippen molar-refractivity contribution < 1.29 is 4.79 Å². The Morgan fingerprint density at radius 1 is 1.37 bits per heavy atom. The lowest BCUT2D eigenvalue weighted by Crippen LogP contribution is -2.43. The van der Waals surface area contributed by atoms with Crippen molar-refractivity contribution in [2.24, 2.45) is 5.73 Å². The van der Waals surface area contributed by atoms with Gasteiger partial charge in [0.05, 0.1) is 5.41 Å². The van der Waals surface area contributed by atoms with E-state index in [9.17, 15) is 4.79 Å². The van der Waals surface area contributed by atoms with Crippen molar-refractivity contribution in [2.75, 3.05) is 13.1 Å². The van der Waals surface area contributed by atoms with Crippen molar-refractivity contribution in [1.29, 1.82) is 0 Å². The van der Waals surface area contributed by atoms with E-state index in [1.54, 1.807) is 0 Å². The number of benzene rings is 1. The van der Waals surface area contributed by atoms with E-state index in [1.807, 2.05) is 43.0 Å². The van der Waals surface area contributed by atoms with E-state index in [0.29, 0.717) is 6.54 Å². The minimum atomic E-state index is -0.495. The van der Waals surface area contributed by atoms with Crippen molar-refractivity contribution in [3.8, 4) is 0 Å². The van der Waals surface area contributed by atoms with Crippen molar-refractivity contribution in [1.82, 2.24) is 4.90 Å². The molecule has 0 unspecified atom stereocenters. The molecule has 0 aromatic heterocycles. The highest BCUT2D eigenvalue weighted by molar-refractivity contribution is 9.10. The molecule has 1 aliphatic heterocycles. The fourth-order valence-corrected chi connectivity index (χ4v) is 2.62. The lowest BCUT2D eigenvalue weighted by molar-refractivity contribution is -0.135. The Kier molecular flexibility index (Phi) is 5.42. The molecule has 1 aromatic rings. The predicted octanol–water partition coefficient (Wildman–Crippen LogP) is 2.71. The summed E-state index contributed by atoms with van der Waals surface area (Å²) in [5.41, 5.74) is 6.41. The van der Waals surface area contributed by atoms with Gasteiger partial charge in [-0.05, 0) is 38.0 Å². The summed E-state index contributed by atoms with van der Waals surface area (Å²) in [7, 11) is 0. The molecular weight excluding hydrogens is 328 g/mol. The number of nitrogens with two attached hydrogens (primary N) is 1. The van der Waals surface area contributed by atoms with Crippen LogP contribution in [0.3, 0.4) is 0 Å². The molecule has 1 atom stereocenters. The highest BCUT2D eigenvalue weighted by atomic mass is 79.9. The van der Waals surface area contributed by atoms with Gasteiger partial charge < -0.3 is 10.6 Å². The fourth-order valence-electron chi connectivity index (χ4n) is 2.36. The molecular formula is C14H20BrClN2O. The van der Waals surface area contributed by atoms with E-state index < -0.39 is 5.41 Å². The Morgan fingerprint density at radius 2 is 1.95 bits per heavy atom.